The Bertz CT molecular complexity index is 1120. The van der Waals surface area contributed by atoms with E-state index >= 15 is 0 Å². The van der Waals surface area contributed by atoms with Gasteiger partial charge >= 0.3 is 5.97 Å². The molecule has 7 heteroatoms. The highest BCUT2D eigenvalue weighted by Gasteiger charge is 2.11. The average Bonchev–Trinajstić information content (AvgIpc) is 2.74. The van der Waals surface area contributed by atoms with Crippen molar-refractivity contribution in [2.45, 2.75) is 0 Å². The van der Waals surface area contributed by atoms with Crippen LogP contribution in [0.5, 0.6) is 0 Å². The monoisotopic (exact) mass is 392 g/mol. The number of para-hydroxylation sites is 1. The Hall–Kier alpha value is -3.51. The van der Waals surface area contributed by atoms with Gasteiger partial charge in [0.15, 0.2) is 5.82 Å². The SMILES string of the molecule is COC(=O)c1cccc(Nc2nc(-c3cccnc3)nc3ccccc23)c1.Cl. The van der Waals surface area contributed by atoms with Crippen molar-refractivity contribution in [2.24, 2.45) is 0 Å². The van der Waals surface area contributed by atoms with Crippen LogP contribution in [0.2, 0.25) is 0 Å². The van der Waals surface area contributed by atoms with E-state index in [1.807, 2.05) is 42.5 Å². The van der Waals surface area contributed by atoms with Crippen molar-refractivity contribution in [1.82, 2.24) is 15.0 Å². The maximum Gasteiger partial charge on any atom is 0.337 e. The molecular formula is C21H17ClN4O2. The fraction of sp³-hybridized carbons (Fsp3) is 0.0476. The Kier molecular flexibility index (Phi) is 5.81. The van der Waals surface area contributed by atoms with Crippen molar-refractivity contribution in [2.75, 3.05) is 12.4 Å². The number of fused-ring (bicyclic) bond motifs is 1. The number of hydrogen-bond acceptors (Lipinski definition) is 6. The first-order valence-electron chi connectivity index (χ1n) is 8.37. The van der Waals surface area contributed by atoms with Crippen molar-refractivity contribution in [1.29, 1.82) is 0 Å². The highest BCUT2D eigenvalue weighted by Crippen LogP contribution is 2.27. The summed E-state index contributed by atoms with van der Waals surface area (Å²) in [6.45, 7) is 0. The Morgan fingerprint density at radius 2 is 1.86 bits per heavy atom. The summed E-state index contributed by atoms with van der Waals surface area (Å²) in [6, 6.07) is 18.6. The van der Waals surface area contributed by atoms with E-state index in [1.165, 1.54) is 7.11 Å². The number of aromatic nitrogens is 3. The van der Waals surface area contributed by atoms with Crippen LogP contribution in [0.4, 0.5) is 11.5 Å². The summed E-state index contributed by atoms with van der Waals surface area (Å²) in [6.07, 6.45) is 3.44. The minimum Gasteiger partial charge on any atom is -0.465 e. The summed E-state index contributed by atoms with van der Waals surface area (Å²) in [5.74, 6) is 0.845. The van der Waals surface area contributed by atoms with Crippen LogP contribution in [-0.4, -0.2) is 28.0 Å². The Morgan fingerprint density at radius 3 is 2.64 bits per heavy atom. The number of pyridine rings is 1. The van der Waals surface area contributed by atoms with Gasteiger partial charge in [-0.3, -0.25) is 4.98 Å². The lowest BCUT2D eigenvalue weighted by Crippen LogP contribution is -2.03. The first-order valence-corrected chi connectivity index (χ1v) is 8.37. The maximum absolute atomic E-state index is 11.8. The summed E-state index contributed by atoms with van der Waals surface area (Å²) in [5, 5.41) is 4.18. The van der Waals surface area contributed by atoms with Gasteiger partial charge in [-0.05, 0) is 42.5 Å². The van der Waals surface area contributed by atoms with Gasteiger partial charge in [0.2, 0.25) is 0 Å². The number of rotatable bonds is 4. The zero-order chi connectivity index (χ0) is 18.6. The van der Waals surface area contributed by atoms with E-state index in [-0.39, 0.29) is 18.4 Å². The summed E-state index contributed by atoms with van der Waals surface area (Å²) < 4.78 is 4.79. The Balaban J connectivity index is 0.00000225. The summed E-state index contributed by atoms with van der Waals surface area (Å²) in [4.78, 5) is 25.3. The van der Waals surface area contributed by atoms with Gasteiger partial charge in [0.25, 0.3) is 0 Å². The molecule has 1 N–H and O–H groups in total. The average molecular weight is 393 g/mol. The van der Waals surface area contributed by atoms with Crippen LogP contribution in [0.25, 0.3) is 22.3 Å². The molecule has 0 atom stereocenters. The molecule has 0 bridgehead atoms. The molecule has 140 valence electrons. The van der Waals surface area contributed by atoms with Crippen molar-refractivity contribution in [3.05, 3.63) is 78.6 Å². The third-order valence-corrected chi connectivity index (χ3v) is 4.07. The smallest absolute Gasteiger partial charge is 0.337 e. The zero-order valence-electron chi connectivity index (χ0n) is 15.0. The third kappa shape index (κ3) is 3.92. The molecule has 0 fully saturated rings. The van der Waals surface area contributed by atoms with Crippen LogP contribution in [0.3, 0.4) is 0 Å². The van der Waals surface area contributed by atoms with Gasteiger partial charge < -0.3 is 10.1 Å². The van der Waals surface area contributed by atoms with E-state index in [4.69, 9.17) is 4.74 Å². The van der Waals surface area contributed by atoms with Crippen LogP contribution in [0.15, 0.2) is 73.1 Å². The number of nitrogens with one attached hydrogen (secondary N) is 1. The highest BCUT2D eigenvalue weighted by molar-refractivity contribution is 5.94. The molecule has 0 saturated carbocycles. The molecule has 0 aliphatic rings. The van der Waals surface area contributed by atoms with E-state index in [9.17, 15) is 4.79 Å². The molecule has 2 heterocycles. The summed E-state index contributed by atoms with van der Waals surface area (Å²) in [5.41, 5.74) is 2.85. The minimum absolute atomic E-state index is 0. The van der Waals surface area contributed by atoms with Crippen molar-refractivity contribution in [3.8, 4) is 11.4 Å². The number of nitrogens with zero attached hydrogens (tertiary/aromatic N) is 3. The summed E-state index contributed by atoms with van der Waals surface area (Å²) in [7, 11) is 1.36. The van der Waals surface area contributed by atoms with Crippen LogP contribution in [-0.2, 0) is 4.74 Å². The van der Waals surface area contributed by atoms with E-state index < -0.39 is 0 Å². The number of methoxy groups -OCH3 is 1. The second-order valence-corrected chi connectivity index (χ2v) is 5.85. The van der Waals surface area contributed by atoms with Crippen LogP contribution < -0.4 is 5.32 Å². The number of anilines is 2. The van der Waals surface area contributed by atoms with Crippen molar-refractivity contribution in [3.63, 3.8) is 0 Å². The maximum atomic E-state index is 11.8. The Labute approximate surface area is 168 Å². The largest absolute Gasteiger partial charge is 0.465 e. The molecule has 0 spiro atoms. The molecule has 0 amide bonds. The van der Waals surface area contributed by atoms with E-state index in [2.05, 4.69) is 20.3 Å². The topological polar surface area (TPSA) is 77.0 Å². The minimum atomic E-state index is -0.387. The second-order valence-electron chi connectivity index (χ2n) is 5.85. The van der Waals surface area contributed by atoms with Gasteiger partial charge in [-0.1, -0.05) is 18.2 Å². The first-order chi connectivity index (χ1) is 13.2. The molecular weight excluding hydrogens is 376 g/mol. The van der Waals surface area contributed by atoms with Crippen molar-refractivity contribution >= 4 is 40.8 Å². The molecule has 0 radical (unpaired) electrons. The van der Waals surface area contributed by atoms with Crippen LogP contribution in [0.1, 0.15) is 10.4 Å². The number of ether oxygens (including phenoxy) is 1. The number of esters is 1. The van der Waals surface area contributed by atoms with Gasteiger partial charge in [-0.25, -0.2) is 14.8 Å². The number of carbonyl (C=O) groups excluding carboxylic acids is 1. The lowest BCUT2D eigenvalue weighted by Gasteiger charge is -2.11. The first kappa shape index (κ1) is 19.3. The number of benzene rings is 2. The molecule has 0 saturated heterocycles. The standard InChI is InChI=1S/C21H16N4O2.ClH/c1-27-21(26)14-6-4-8-16(12-14)23-20-17-9-2-3-10-18(17)24-19(25-20)15-7-5-11-22-13-15;/h2-13H,1H3,(H,23,24,25);1H. The molecule has 4 rings (SSSR count). The second kappa shape index (κ2) is 8.45. The molecule has 2 aromatic carbocycles. The normalized spacial score (nSPS) is 10.2. The zero-order valence-corrected chi connectivity index (χ0v) is 15.8. The van der Waals surface area contributed by atoms with Gasteiger partial charge in [-0.2, -0.15) is 0 Å². The molecule has 0 aliphatic heterocycles. The quantitative estimate of drug-likeness (QED) is 0.509. The molecule has 0 unspecified atom stereocenters. The lowest BCUT2D eigenvalue weighted by molar-refractivity contribution is 0.0601. The predicted octanol–water partition coefficient (Wildman–Crippen LogP) is 4.64. The van der Waals surface area contributed by atoms with E-state index in [1.54, 1.807) is 30.6 Å². The van der Waals surface area contributed by atoms with Crippen LogP contribution >= 0.6 is 12.4 Å². The fourth-order valence-corrected chi connectivity index (χ4v) is 2.77. The van der Waals surface area contributed by atoms with Gasteiger partial charge in [-0.15, -0.1) is 12.4 Å². The number of hydrogen-bond donors (Lipinski definition) is 1. The fourth-order valence-electron chi connectivity index (χ4n) is 2.77. The number of halogens is 1. The lowest BCUT2D eigenvalue weighted by atomic mass is 10.2. The van der Waals surface area contributed by atoms with Gasteiger partial charge in [0, 0.05) is 29.0 Å². The third-order valence-electron chi connectivity index (χ3n) is 4.07. The van der Waals surface area contributed by atoms with E-state index in [0.29, 0.717) is 17.2 Å². The molecule has 4 aromatic rings. The highest BCUT2D eigenvalue weighted by atomic mass is 35.5. The Morgan fingerprint density at radius 1 is 1.00 bits per heavy atom. The molecule has 2 aromatic heterocycles. The van der Waals surface area contributed by atoms with Gasteiger partial charge in [0.05, 0.1) is 18.2 Å². The molecule has 6 nitrogen and oxygen atoms in total. The van der Waals surface area contributed by atoms with Crippen molar-refractivity contribution < 1.29 is 9.53 Å². The van der Waals surface area contributed by atoms with E-state index in [0.717, 1.165) is 22.2 Å². The van der Waals surface area contributed by atoms with Gasteiger partial charge in [0.1, 0.15) is 5.82 Å². The number of carbonyl (C=O) groups is 1. The molecule has 0 aliphatic carbocycles. The van der Waals surface area contributed by atoms with Crippen LogP contribution in [0, 0.1) is 0 Å². The summed E-state index contributed by atoms with van der Waals surface area (Å²) >= 11 is 0. The molecule has 28 heavy (non-hydrogen) atoms. The predicted molar refractivity (Wildman–Crippen MR) is 111 cm³/mol.